The number of hydrogen-bond acceptors (Lipinski definition) is 3. The van der Waals surface area contributed by atoms with Crippen LogP contribution < -0.4 is 5.32 Å². The molecule has 0 aromatic carbocycles. The topological polar surface area (TPSA) is 55.4 Å². The van der Waals surface area contributed by atoms with Gasteiger partial charge in [-0.2, -0.15) is 13.2 Å². The van der Waals surface area contributed by atoms with Crippen LogP contribution in [0.2, 0.25) is 0 Å². The summed E-state index contributed by atoms with van der Waals surface area (Å²) in [6, 6.07) is -1.24. The van der Waals surface area contributed by atoms with Crippen LogP contribution in [0.1, 0.15) is 39.5 Å². The molecule has 0 aliphatic carbocycles. The Morgan fingerprint density at radius 2 is 1.83 bits per heavy atom. The number of unbranched alkanes of at least 4 members (excludes halogenated alkanes) is 1. The smallest absolute Gasteiger partial charge is 0.464 e. The Bertz CT molecular complexity index is 279. The van der Waals surface area contributed by atoms with E-state index in [1.165, 1.54) is 0 Å². The minimum atomic E-state index is -4.99. The maximum atomic E-state index is 12.1. The van der Waals surface area contributed by atoms with Crippen molar-refractivity contribution in [1.82, 2.24) is 5.32 Å². The predicted octanol–water partition coefficient (Wildman–Crippen LogP) is 2.18. The molecule has 0 rings (SSSR count). The van der Waals surface area contributed by atoms with Crippen LogP contribution in [-0.2, 0) is 14.3 Å². The van der Waals surface area contributed by atoms with Crippen LogP contribution >= 0.6 is 0 Å². The molecule has 0 saturated heterocycles. The van der Waals surface area contributed by atoms with E-state index in [1.807, 2.05) is 6.92 Å². The zero-order valence-corrected chi connectivity index (χ0v) is 10.5. The van der Waals surface area contributed by atoms with Crippen molar-refractivity contribution in [2.24, 2.45) is 0 Å². The van der Waals surface area contributed by atoms with E-state index in [2.05, 4.69) is 0 Å². The van der Waals surface area contributed by atoms with Gasteiger partial charge >= 0.3 is 18.1 Å². The zero-order chi connectivity index (χ0) is 14.2. The molecule has 4 nitrogen and oxygen atoms in total. The van der Waals surface area contributed by atoms with Crippen LogP contribution in [0, 0.1) is 0 Å². The number of carbonyl (C=O) groups excluding carboxylic acids is 2. The van der Waals surface area contributed by atoms with E-state index in [9.17, 15) is 22.8 Å². The van der Waals surface area contributed by atoms with Crippen molar-refractivity contribution in [1.29, 1.82) is 0 Å². The van der Waals surface area contributed by atoms with E-state index < -0.39 is 24.1 Å². The molecule has 0 heterocycles. The van der Waals surface area contributed by atoms with Crippen molar-refractivity contribution >= 4 is 11.9 Å². The van der Waals surface area contributed by atoms with Crippen molar-refractivity contribution < 1.29 is 27.5 Å². The average Bonchev–Trinajstić information content (AvgIpc) is 2.27. The molecule has 0 saturated carbocycles. The quantitative estimate of drug-likeness (QED) is 0.569. The number of halogens is 3. The molecule has 1 N–H and O–H groups in total. The number of ether oxygens (including phenoxy) is 1. The maximum Gasteiger partial charge on any atom is 0.471 e. The lowest BCUT2D eigenvalue weighted by Gasteiger charge is -2.17. The van der Waals surface area contributed by atoms with Crippen LogP contribution in [0.5, 0.6) is 0 Å². The minimum Gasteiger partial charge on any atom is -0.464 e. The molecule has 0 fully saturated rings. The molecule has 0 aliphatic rings. The lowest BCUT2D eigenvalue weighted by molar-refractivity contribution is -0.176. The molecule has 1 atom stereocenters. The summed E-state index contributed by atoms with van der Waals surface area (Å²) in [6.07, 6.45) is -2.97. The van der Waals surface area contributed by atoms with Crippen molar-refractivity contribution in [3.8, 4) is 0 Å². The normalized spacial score (nSPS) is 12.9. The van der Waals surface area contributed by atoms with Crippen LogP contribution in [0.4, 0.5) is 13.2 Å². The number of esters is 1. The maximum absolute atomic E-state index is 12.1. The van der Waals surface area contributed by atoms with E-state index in [1.54, 1.807) is 12.2 Å². The van der Waals surface area contributed by atoms with Gasteiger partial charge in [0.1, 0.15) is 6.04 Å². The minimum absolute atomic E-state index is 0.118. The van der Waals surface area contributed by atoms with E-state index in [-0.39, 0.29) is 13.0 Å². The Balaban J connectivity index is 4.37. The number of rotatable bonds is 7. The van der Waals surface area contributed by atoms with Gasteiger partial charge in [-0.05, 0) is 12.8 Å². The van der Waals surface area contributed by atoms with E-state index in [4.69, 9.17) is 4.74 Å². The molecular formula is C11H18F3NO3. The number of carbonyl (C=O) groups is 2. The number of alkyl halides is 3. The van der Waals surface area contributed by atoms with Crippen LogP contribution in [0.15, 0.2) is 0 Å². The number of amides is 1. The Morgan fingerprint density at radius 1 is 1.22 bits per heavy atom. The van der Waals surface area contributed by atoms with Crippen molar-refractivity contribution in [3.05, 3.63) is 0 Å². The SMILES string of the molecule is CCCCOC(=O)C(CCC)NC(=O)C(F)(F)F. The standard InChI is InChI=1S/C11H18F3NO3/c1-3-5-7-18-9(16)8(6-4-2)15-10(17)11(12,13)14/h8H,3-7H2,1-2H3,(H,15,17). The molecule has 106 valence electrons. The summed E-state index contributed by atoms with van der Waals surface area (Å²) < 4.78 is 41.0. The average molecular weight is 269 g/mol. The summed E-state index contributed by atoms with van der Waals surface area (Å²) >= 11 is 0. The Kier molecular flexibility index (Phi) is 7.38. The van der Waals surface area contributed by atoms with Gasteiger partial charge in [-0.25, -0.2) is 4.79 Å². The molecule has 7 heteroatoms. The summed E-state index contributed by atoms with van der Waals surface area (Å²) in [5, 5.41) is 1.65. The van der Waals surface area contributed by atoms with Gasteiger partial charge < -0.3 is 10.1 Å². The van der Waals surface area contributed by atoms with Crippen LogP contribution in [0.3, 0.4) is 0 Å². The third-order valence-electron chi connectivity index (χ3n) is 2.17. The molecule has 0 bridgehead atoms. The molecule has 18 heavy (non-hydrogen) atoms. The van der Waals surface area contributed by atoms with E-state index in [0.717, 1.165) is 6.42 Å². The van der Waals surface area contributed by atoms with Gasteiger partial charge in [0.2, 0.25) is 0 Å². The highest BCUT2D eigenvalue weighted by Crippen LogP contribution is 2.15. The fourth-order valence-corrected chi connectivity index (χ4v) is 1.20. The second-order valence-corrected chi connectivity index (χ2v) is 3.83. The third-order valence-corrected chi connectivity index (χ3v) is 2.17. The number of nitrogens with one attached hydrogen (secondary N) is 1. The fraction of sp³-hybridized carbons (Fsp3) is 0.818. The second kappa shape index (κ2) is 7.94. The lowest BCUT2D eigenvalue weighted by atomic mass is 10.1. The fourth-order valence-electron chi connectivity index (χ4n) is 1.20. The first-order chi connectivity index (χ1) is 8.32. The lowest BCUT2D eigenvalue weighted by Crippen LogP contribution is -2.47. The highest BCUT2D eigenvalue weighted by atomic mass is 19.4. The molecule has 0 aromatic rings. The molecule has 0 aromatic heterocycles. The second-order valence-electron chi connectivity index (χ2n) is 3.83. The van der Waals surface area contributed by atoms with Gasteiger partial charge in [-0.3, -0.25) is 4.79 Å². The van der Waals surface area contributed by atoms with Gasteiger partial charge in [0.25, 0.3) is 0 Å². The summed E-state index contributed by atoms with van der Waals surface area (Å²) in [5.41, 5.74) is 0. The van der Waals surface area contributed by atoms with Gasteiger partial charge in [0.05, 0.1) is 6.61 Å². The van der Waals surface area contributed by atoms with Crippen molar-refractivity contribution in [2.45, 2.75) is 51.7 Å². The molecule has 0 spiro atoms. The van der Waals surface area contributed by atoms with Crippen molar-refractivity contribution in [3.63, 3.8) is 0 Å². The van der Waals surface area contributed by atoms with E-state index in [0.29, 0.717) is 12.8 Å². The predicted molar refractivity (Wildman–Crippen MR) is 58.8 cm³/mol. The summed E-state index contributed by atoms with van der Waals surface area (Å²) in [6.45, 7) is 3.74. The Labute approximate surface area is 104 Å². The summed E-state index contributed by atoms with van der Waals surface area (Å²) in [7, 11) is 0. The third kappa shape index (κ3) is 6.46. The molecule has 1 unspecified atom stereocenters. The highest BCUT2D eigenvalue weighted by Gasteiger charge is 2.40. The summed E-state index contributed by atoms with van der Waals surface area (Å²) in [5.74, 6) is -2.93. The van der Waals surface area contributed by atoms with Crippen LogP contribution in [-0.4, -0.2) is 30.7 Å². The molecule has 0 radical (unpaired) electrons. The number of hydrogen-bond donors (Lipinski definition) is 1. The molecular weight excluding hydrogens is 251 g/mol. The van der Waals surface area contributed by atoms with Crippen LogP contribution in [0.25, 0.3) is 0 Å². The zero-order valence-electron chi connectivity index (χ0n) is 10.5. The van der Waals surface area contributed by atoms with Crippen molar-refractivity contribution in [2.75, 3.05) is 6.61 Å². The van der Waals surface area contributed by atoms with Gasteiger partial charge in [0, 0.05) is 0 Å². The highest BCUT2D eigenvalue weighted by molar-refractivity contribution is 5.87. The van der Waals surface area contributed by atoms with Gasteiger partial charge in [0.15, 0.2) is 0 Å². The monoisotopic (exact) mass is 269 g/mol. The largest absolute Gasteiger partial charge is 0.471 e. The van der Waals surface area contributed by atoms with Gasteiger partial charge in [-0.15, -0.1) is 0 Å². The Hall–Kier alpha value is -1.27. The van der Waals surface area contributed by atoms with Gasteiger partial charge in [-0.1, -0.05) is 26.7 Å². The Morgan fingerprint density at radius 3 is 2.28 bits per heavy atom. The first-order valence-corrected chi connectivity index (χ1v) is 5.87. The molecule has 1 amide bonds. The first-order valence-electron chi connectivity index (χ1n) is 5.87. The first kappa shape index (κ1) is 16.7. The summed E-state index contributed by atoms with van der Waals surface area (Å²) in [4.78, 5) is 22.2. The van der Waals surface area contributed by atoms with E-state index >= 15 is 0 Å². The molecule has 0 aliphatic heterocycles.